The summed E-state index contributed by atoms with van der Waals surface area (Å²) < 4.78 is 62.6. The van der Waals surface area contributed by atoms with Crippen molar-refractivity contribution in [2.24, 2.45) is 0 Å². The van der Waals surface area contributed by atoms with Crippen LogP contribution >= 0.6 is 0 Å². The molecule has 1 saturated heterocycles. The standard InChI is InChI=1S/C24H29F2NO4S/c1-16-10-11-22(17-8-6-5-7-9-17)32(29,30)27(16)15-19-13-20(25)18(12-21(19)26)14-23(28)31-24(2,3)4/h5-9,12-13,16,22H,10-11,14-15H2,1-4H3/t16-,22?/m0/s1. The summed E-state index contributed by atoms with van der Waals surface area (Å²) in [6, 6.07) is 10.5. The molecule has 32 heavy (non-hydrogen) atoms. The van der Waals surface area contributed by atoms with Crippen LogP contribution in [-0.4, -0.2) is 30.3 Å². The number of carbonyl (C=O) groups excluding carboxylic acids is 1. The first kappa shape index (κ1) is 24.3. The van der Waals surface area contributed by atoms with E-state index in [4.69, 9.17) is 4.74 Å². The van der Waals surface area contributed by atoms with E-state index in [2.05, 4.69) is 0 Å². The lowest BCUT2D eigenvalue weighted by Gasteiger charge is -2.37. The van der Waals surface area contributed by atoms with Crippen LogP contribution in [0.2, 0.25) is 0 Å². The predicted octanol–water partition coefficient (Wildman–Crippen LogP) is 4.90. The quantitative estimate of drug-likeness (QED) is 0.589. The number of esters is 1. The Labute approximate surface area is 188 Å². The van der Waals surface area contributed by atoms with Crippen LogP contribution in [0.25, 0.3) is 0 Å². The summed E-state index contributed by atoms with van der Waals surface area (Å²) in [5.41, 5.74) is -0.249. The third kappa shape index (κ3) is 5.53. The summed E-state index contributed by atoms with van der Waals surface area (Å²) >= 11 is 0. The zero-order chi connectivity index (χ0) is 23.7. The summed E-state index contributed by atoms with van der Waals surface area (Å²) in [7, 11) is -3.77. The van der Waals surface area contributed by atoms with Crippen LogP contribution in [0.15, 0.2) is 42.5 Å². The van der Waals surface area contributed by atoms with Crippen LogP contribution < -0.4 is 0 Å². The molecule has 1 unspecified atom stereocenters. The first-order chi connectivity index (χ1) is 14.9. The van der Waals surface area contributed by atoms with Gasteiger partial charge in [-0.05, 0) is 58.2 Å². The molecule has 2 aromatic rings. The minimum atomic E-state index is -3.77. The fourth-order valence-electron chi connectivity index (χ4n) is 3.94. The van der Waals surface area contributed by atoms with Gasteiger partial charge < -0.3 is 4.74 Å². The van der Waals surface area contributed by atoms with Gasteiger partial charge in [-0.2, -0.15) is 4.31 Å². The van der Waals surface area contributed by atoms with Crippen molar-refractivity contribution in [2.75, 3.05) is 0 Å². The lowest BCUT2D eigenvalue weighted by molar-refractivity contribution is -0.153. The minimum absolute atomic E-state index is 0.0698. The fourth-order valence-corrected chi connectivity index (χ4v) is 6.13. The third-order valence-corrected chi connectivity index (χ3v) is 7.86. The van der Waals surface area contributed by atoms with Gasteiger partial charge in [-0.15, -0.1) is 0 Å². The lowest BCUT2D eigenvalue weighted by Crippen LogP contribution is -2.44. The molecule has 0 bridgehead atoms. The molecule has 0 aliphatic carbocycles. The van der Waals surface area contributed by atoms with Crippen LogP contribution in [0, 0.1) is 11.6 Å². The molecule has 2 aromatic carbocycles. The van der Waals surface area contributed by atoms with Crippen LogP contribution in [0.3, 0.4) is 0 Å². The van der Waals surface area contributed by atoms with E-state index < -0.39 is 44.9 Å². The topological polar surface area (TPSA) is 63.7 Å². The Kier molecular flexibility index (Phi) is 7.05. The van der Waals surface area contributed by atoms with Gasteiger partial charge >= 0.3 is 5.97 Å². The van der Waals surface area contributed by atoms with Crippen molar-refractivity contribution in [1.82, 2.24) is 4.31 Å². The molecule has 5 nitrogen and oxygen atoms in total. The molecule has 0 aromatic heterocycles. The van der Waals surface area contributed by atoms with Gasteiger partial charge in [-0.25, -0.2) is 17.2 Å². The number of carbonyl (C=O) groups is 1. The first-order valence-electron chi connectivity index (χ1n) is 10.6. The summed E-state index contributed by atoms with van der Waals surface area (Å²) in [4.78, 5) is 12.0. The van der Waals surface area contributed by atoms with E-state index in [1.165, 1.54) is 4.31 Å². The highest BCUT2D eigenvalue weighted by atomic mass is 32.2. The Morgan fingerprint density at radius 1 is 1.06 bits per heavy atom. The van der Waals surface area contributed by atoms with E-state index in [1.54, 1.807) is 52.0 Å². The van der Waals surface area contributed by atoms with Gasteiger partial charge in [0.05, 0.1) is 6.42 Å². The highest BCUT2D eigenvalue weighted by Crippen LogP contribution is 2.38. The highest BCUT2D eigenvalue weighted by molar-refractivity contribution is 7.89. The van der Waals surface area contributed by atoms with Crippen molar-refractivity contribution in [3.8, 4) is 0 Å². The number of halogens is 2. The largest absolute Gasteiger partial charge is 0.460 e. The maximum Gasteiger partial charge on any atom is 0.310 e. The fraction of sp³-hybridized carbons (Fsp3) is 0.458. The number of sulfonamides is 1. The average Bonchev–Trinajstić information content (AvgIpc) is 2.67. The van der Waals surface area contributed by atoms with E-state index in [1.807, 2.05) is 6.07 Å². The van der Waals surface area contributed by atoms with Crippen molar-refractivity contribution >= 4 is 16.0 Å². The summed E-state index contributed by atoms with van der Waals surface area (Å²) in [5, 5.41) is -0.723. The van der Waals surface area contributed by atoms with Crippen LogP contribution in [0.5, 0.6) is 0 Å². The van der Waals surface area contributed by atoms with Gasteiger partial charge in [0.2, 0.25) is 10.0 Å². The van der Waals surface area contributed by atoms with Crippen LogP contribution in [-0.2, 0) is 32.5 Å². The second-order valence-electron chi connectivity index (χ2n) is 9.21. The Balaban J connectivity index is 1.84. The van der Waals surface area contributed by atoms with Crippen molar-refractivity contribution in [3.05, 3.63) is 70.8 Å². The van der Waals surface area contributed by atoms with E-state index >= 15 is 0 Å². The van der Waals surface area contributed by atoms with Crippen LogP contribution in [0.4, 0.5) is 8.78 Å². The molecule has 0 spiro atoms. The second-order valence-corrected chi connectivity index (χ2v) is 11.3. The summed E-state index contributed by atoms with van der Waals surface area (Å²) in [5.74, 6) is -2.19. The number of hydrogen-bond acceptors (Lipinski definition) is 4. The van der Waals surface area contributed by atoms with Crippen molar-refractivity contribution in [1.29, 1.82) is 0 Å². The Morgan fingerprint density at radius 2 is 1.66 bits per heavy atom. The van der Waals surface area contributed by atoms with Gasteiger partial charge in [0.25, 0.3) is 0 Å². The molecule has 0 saturated carbocycles. The molecule has 1 fully saturated rings. The number of ether oxygens (including phenoxy) is 1. The zero-order valence-corrected chi connectivity index (χ0v) is 19.6. The number of rotatable bonds is 5. The Hall–Kier alpha value is -2.32. The van der Waals surface area contributed by atoms with Gasteiger partial charge in [-0.3, -0.25) is 4.79 Å². The van der Waals surface area contributed by atoms with E-state index in [0.29, 0.717) is 18.4 Å². The molecule has 0 radical (unpaired) electrons. The monoisotopic (exact) mass is 465 g/mol. The summed E-state index contributed by atoms with van der Waals surface area (Å²) in [6.45, 7) is 6.56. The Morgan fingerprint density at radius 3 is 2.28 bits per heavy atom. The molecular weight excluding hydrogens is 436 g/mol. The van der Waals surface area contributed by atoms with Crippen molar-refractivity contribution in [2.45, 2.75) is 70.4 Å². The smallest absolute Gasteiger partial charge is 0.310 e. The van der Waals surface area contributed by atoms with Gasteiger partial charge in [0, 0.05) is 23.7 Å². The molecular formula is C24H29F2NO4S. The average molecular weight is 466 g/mol. The molecule has 2 atom stereocenters. The highest BCUT2D eigenvalue weighted by Gasteiger charge is 2.40. The number of benzene rings is 2. The maximum absolute atomic E-state index is 14.8. The normalized spacial score (nSPS) is 21.3. The minimum Gasteiger partial charge on any atom is -0.460 e. The maximum atomic E-state index is 14.8. The lowest BCUT2D eigenvalue weighted by atomic mass is 10.0. The Bertz CT molecular complexity index is 1080. The molecule has 1 heterocycles. The number of nitrogens with zero attached hydrogens (tertiary/aromatic N) is 1. The number of hydrogen-bond donors (Lipinski definition) is 0. The molecule has 3 rings (SSSR count). The molecule has 1 aliphatic rings. The van der Waals surface area contributed by atoms with E-state index in [-0.39, 0.29) is 23.7 Å². The molecule has 8 heteroatoms. The SMILES string of the molecule is C[C@H]1CCC(c2ccccc2)S(=O)(=O)N1Cc1cc(F)c(CC(=O)OC(C)(C)C)cc1F. The molecule has 1 aliphatic heterocycles. The third-order valence-electron chi connectivity index (χ3n) is 5.49. The van der Waals surface area contributed by atoms with Crippen molar-refractivity contribution in [3.63, 3.8) is 0 Å². The predicted molar refractivity (Wildman–Crippen MR) is 118 cm³/mol. The van der Waals surface area contributed by atoms with Gasteiger partial charge in [0.1, 0.15) is 22.5 Å². The zero-order valence-electron chi connectivity index (χ0n) is 18.8. The second kappa shape index (κ2) is 9.27. The first-order valence-corrected chi connectivity index (χ1v) is 12.1. The van der Waals surface area contributed by atoms with E-state index in [0.717, 1.165) is 12.1 Å². The van der Waals surface area contributed by atoms with E-state index in [9.17, 15) is 22.0 Å². The molecule has 0 amide bonds. The van der Waals surface area contributed by atoms with Crippen LogP contribution in [0.1, 0.15) is 62.5 Å². The summed E-state index contributed by atoms with van der Waals surface area (Å²) in [6.07, 6.45) is 0.671. The van der Waals surface area contributed by atoms with Crippen molar-refractivity contribution < 1.29 is 26.7 Å². The molecule has 0 N–H and O–H groups in total. The molecule has 174 valence electrons. The van der Waals surface area contributed by atoms with Gasteiger partial charge in [0.15, 0.2) is 0 Å². The van der Waals surface area contributed by atoms with Gasteiger partial charge in [-0.1, -0.05) is 30.3 Å².